The van der Waals surface area contributed by atoms with Crippen molar-refractivity contribution in [2.75, 3.05) is 13.2 Å². The number of carbonyl (C=O) groups is 2. The SMILES string of the molecule is O=C1c2ccccc2C(=O)N1CCCCC1COC(c2ccc(O)cc2)O1. The topological polar surface area (TPSA) is 76.1 Å². The van der Waals surface area contributed by atoms with Gasteiger partial charge in [-0.05, 0) is 43.5 Å². The van der Waals surface area contributed by atoms with E-state index in [0.717, 1.165) is 24.8 Å². The summed E-state index contributed by atoms with van der Waals surface area (Å²) in [6.07, 6.45) is 1.95. The summed E-state index contributed by atoms with van der Waals surface area (Å²) >= 11 is 0. The number of unbranched alkanes of at least 4 members (excludes halogenated alkanes) is 1. The molecule has 27 heavy (non-hydrogen) atoms. The molecule has 2 aliphatic rings. The summed E-state index contributed by atoms with van der Waals surface area (Å²) in [7, 11) is 0. The maximum atomic E-state index is 12.3. The number of benzene rings is 2. The highest BCUT2D eigenvalue weighted by Crippen LogP contribution is 2.30. The minimum Gasteiger partial charge on any atom is -0.508 e. The Bertz CT molecular complexity index is 813. The fraction of sp³-hybridized carbons (Fsp3) is 0.333. The van der Waals surface area contributed by atoms with Gasteiger partial charge in [-0.1, -0.05) is 24.3 Å². The molecule has 2 amide bonds. The van der Waals surface area contributed by atoms with E-state index in [1.165, 1.54) is 4.90 Å². The normalized spacial score (nSPS) is 21.7. The van der Waals surface area contributed by atoms with Crippen molar-refractivity contribution in [3.63, 3.8) is 0 Å². The summed E-state index contributed by atoms with van der Waals surface area (Å²) in [4.78, 5) is 26.0. The molecule has 1 fully saturated rings. The number of aromatic hydroxyl groups is 1. The Kier molecular flexibility index (Phi) is 4.92. The summed E-state index contributed by atoms with van der Waals surface area (Å²) in [6.45, 7) is 0.930. The van der Waals surface area contributed by atoms with Crippen molar-refractivity contribution >= 4 is 11.8 Å². The van der Waals surface area contributed by atoms with E-state index in [-0.39, 0.29) is 23.7 Å². The molecule has 4 rings (SSSR count). The largest absolute Gasteiger partial charge is 0.508 e. The monoisotopic (exact) mass is 367 g/mol. The second kappa shape index (κ2) is 7.50. The summed E-state index contributed by atoms with van der Waals surface area (Å²) in [5.74, 6) is -0.201. The first kappa shape index (κ1) is 17.7. The summed E-state index contributed by atoms with van der Waals surface area (Å²) in [5.41, 5.74) is 1.86. The quantitative estimate of drug-likeness (QED) is 0.626. The van der Waals surface area contributed by atoms with Crippen molar-refractivity contribution in [3.8, 4) is 5.75 Å². The van der Waals surface area contributed by atoms with E-state index in [0.29, 0.717) is 24.3 Å². The molecule has 2 aromatic carbocycles. The Morgan fingerprint density at radius 1 is 0.963 bits per heavy atom. The van der Waals surface area contributed by atoms with E-state index in [1.54, 1.807) is 48.5 Å². The van der Waals surface area contributed by atoms with Crippen LogP contribution < -0.4 is 0 Å². The number of amides is 2. The van der Waals surface area contributed by atoms with Crippen LogP contribution in [0, 0.1) is 0 Å². The molecule has 140 valence electrons. The molecule has 1 saturated heterocycles. The van der Waals surface area contributed by atoms with Crippen LogP contribution in [0.2, 0.25) is 0 Å². The van der Waals surface area contributed by atoms with Gasteiger partial charge < -0.3 is 14.6 Å². The average molecular weight is 367 g/mol. The van der Waals surface area contributed by atoms with Gasteiger partial charge in [0, 0.05) is 12.1 Å². The lowest BCUT2D eigenvalue weighted by molar-refractivity contribution is -0.0614. The minimum atomic E-state index is -0.410. The van der Waals surface area contributed by atoms with Crippen molar-refractivity contribution in [1.82, 2.24) is 4.90 Å². The molecule has 0 spiro atoms. The van der Waals surface area contributed by atoms with E-state index in [4.69, 9.17) is 9.47 Å². The van der Waals surface area contributed by atoms with Crippen LogP contribution in [0.5, 0.6) is 5.75 Å². The van der Waals surface area contributed by atoms with Gasteiger partial charge in [0.15, 0.2) is 6.29 Å². The zero-order valence-electron chi connectivity index (χ0n) is 14.8. The molecule has 2 atom stereocenters. The molecule has 2 heterocycles. The molecular formula is C21H21NO5. The van der Waals surface area contributed by atoms with Crippen LogP contribution >= 0.6 is 0 Å². The van der Waals surface area contributed by atoms with Crippen LogP contribution in [0.3, 0.4) is 0 Å². The van der Waals surface area contributed by atoms with Gasteiger partial charge in [0.05, 0.1) is 23.8 Å². The summed E-state index contributed by atoms with van der Waals surface area (Å²) in [6, 6.07) is 13.7. The third kappa shape index (κ3) is 3.59. The van der Waals surface area contributed by atoms with Crippen LogP contribution in [-0.2, 0) is 9.47 Å². The van der Waals surface area contributed by atoms with Crippen molar-refractivity contribution in [2.45, 2.75) is 31.7 Å². The van der Waals surface area contributed by atoms with Crippen molar-refractivity contribution in [3.05, 3.63) is 65.2 Å². The highest BCUT2D eigenvalue weighted by atomic mass is 16.7. The van der Waals surface area contributed by atoms with Crippen LogP contribution in [0.15, 0.2) is 48.5 Å². The van der Waals surface area contributed by atoms with Crippen molar-refractivity contribution < 1.29 is 24.2 Å². The van der Waals surface area contributed by atoms with E-state index >= 15 is 0 Å². The predicted octanol–water partition coefficient (Wildman–Crippen LogP) is 3.27. The van der Waals surface area contributed by atoms with E-state index in [1.807, 2.05) is 0 Å². The van der Waals surface area contributed by atoms with Crippen LogP contribution in [-0.4, -0.2) is 41.1 Å². The van der Waals surface area contributed by atoms with Gasteiger partial charge in [-0.3, -0.25) is 14.5 Å². The van der Waals surface area contributed by atoms with Gasteiger partial charge in [-0.2, -0.15) is 0 Å². The minimum absolute atomic E-state index is 0.00835. The fourth-order valence-corrected chi connectivity index (χ4v) is 3.49. The van der Waals surface area contributed by atoms with Crippen LogP contribution in [0.4, 0.5) is 0 Å². The zero-order valence-corrected chi connectivity index (χ0v) is 14.8. The number of fused-ring (bicyclic) bond motifs is 1. The second-order valence-electron chi connectivity index (χ2n) is 6.82. The molecule has 2 unspecified atom stereocenters. The van der Waals surface area contributed by atoms with Crippen LogP contribution in [0.25, 0.3) is 0 Å². The Morgan fingerprint density at radius 2 is 1.63 bits per heavy atom. The maximum Gasteiger partial charge on any atom is 0.261 e. The number of rotatable bonds is 6. The van der Waals surface area contributed by atoms with Gasteiger partial charge in [0.2, 0.25) is 0 Å². The summed E-state index contributed by atoms with van der Waals surface area (Å²) < 4.78 is 11.6. The number of ether oxygens (including phenoxy) is 2. The molecule has 2 aliphatic heterocycles. The lowest BCUT2D eigenvalue weighted by Gasteiger charge is -2.15. The molecule has 1 N–H and O–H groups in total. The first-order valence-electron chi connectivity index (χ1n) is 9.14. The Labute approximate surface area is 157 Å². The number of carbonyl (C=O) groups excluding carboxylic acids is 2. The number of phenolic OH excluding ortho intramolecular Hbond substituents is 1. The fourth-order valence-electron chi connectivity index (χ4n) is 3.49. The molecule has 0 saturated carbocycles. The standard InChI is InChI=1S/C21H21NO5/c23-15-10-8-14(9-11-15)21-26-13-16(27-21)5-3-4-12-22-19(24)17-6-1-2-7-18(17)20(22)25/h1-2,6-11,16,21,23H,3-5,12-13H2. The second-order valence-corrected chi connectivity index (χ2v) is 6.82. The zero-order chi connectivity index (χ0) is 18.8. The Balaban J connectivity index is 1.23. The van der Waals surface area contributed by atoms with E-state index in [2.05, 4.69) is 0 Å². The third-order valence-corrected chi connectivity index (χ3v) is 4.95. The van der Waals surface area contributed by atoms with Gasteiger partial charge in [0.1, 0.15) is 5.75 Å². The molecule has 2 aromatic rings. The van der Waals surface area contributed by atoms with Gasteiger partial charge in [0.25, 0.3) is 11.8 Å². The summed E-state index contributed by atoms with van der Waals surface area (Å²) in [5, 5.41) is 9.35. The first-order valence-corrected chi connectivity index (χ1v) is 9.14. The molecule has 0 bridgehead atoms. The van der Waals surface area contributed by atoms with Crippen molar-refractivity contribution in [2.24, 2.45) is 0 Å². The maximum absolute atomic E-state index is 12.3. The smallest absolute Gasteiger partial charge is 0.261 e. The molecule has 0 aromatic heterocycles. The molecule has 0 radical (unpaired) electrons. The first-order chi connectivity index (χ1) is 13.1. The van der Waals surface area contributed by atoms with E-state index < -0.39 is 6.29 Å². The lowest BCUT2D eigenvalue weighted by Crippen LogP contribution is -2.30. The Morgan fingerprint density at radius 3 is 2.30 bits per heavy atom. The highest BCUT2D eigenvalue weighted by Gasteiger charge is 2.34. The molecule has 6 heteroatoms. The molecule has 6 nitrogen and oxygen atoms in total. The molecular weight excluding hydrogens is 346 g/mol. The van der Waals surface area contributed by atoms with Crippen LogP contribution in [0.1, 0.15) is 51.8 Å². The number of nitrogens with zero attached hydrogens (tertiary/aromatic N) is 1. The number of phenols is 1. The third-order valence-electron chi connectivity index (χ3n) is 4.95. The van der Waals surface area contributed by atoms with Gasteiger partial charge in [-0.15, -0.1) is 0 Å². The van der Waals surface area contributed by atoms with Gasteiger partial charge in [-0.25, -0.2) is 0 Å². The number of hydrogen-bond donors (Lipinski definition) is 1. The average Bonchev–Trinajstić information content (AvgIpc) is 3.25. The van der Waals surface area contributed by atoms with E-state index in [9.17, 15) is 14.7 Å². The lowest BCUT2D eigenvalue weighted by atomic mass is 10.1. The highest BCUT2D eigenvalue weighted by molar-refractivity contribution is 6.21. The molecule has 0 aliphatic carbocycles. The Hall–Kier alpha value is -2.70. The van der Waals surface area contributed by atoms with Gasteiger partial charge >= 0.3 is 0 Å². The number of hydrogen-bond acceptors (Lipinski definition) is 5. The van der Waals surface area contributed by atoms with Crippen molar-refractivity contribution in [1.29, 1.82) is 0 Å². The predicted molar refractivity (Wildman–Crippen MR) is 97.3 cm³/mol. The number of imide groups is 1.